The maximum atomic E-state index is 13.1. The summed E-state index contributed by atoms with van der Waals surface area (Å²) in [7, 11) is 0. The lowest BCUT2D eigenvalue weighted by Gasteiger charge is -2.25. The van der Waals surface area contributed by atoms with Crippen LogP contribution in [0, 0.1) is 0 Å². The summed E-state index contributed by atoms with van der Waals surface area (Å²) in [6, 6.07) is 13.1. The van der Waals surface area contributed by atoms with Crippen LogP contribution in [0.2, 0.25) is 0 Å². The average molecular weight is 429 g/mol. The Bertz CT molecular complexity index is 1140. The standard InChI is InChI=1S/C25H23N3O4/c1-16(2)32-20-5-3-19(4-6-20)23(29)21-22(18-9-13-27-14-10-18)28(25(31)24(21)30)15-17-7-11-26-12-8-17/h3-14,16,22,29H,15H2,1-2H3/b23-21+. The van der Waals surface area contributed by atoms with Crippen LogP contribution < -0.4 is 4.74 Å². The molecule has 1 saturated heterocycles. The van der Waals surface area contributed by atoms with Gasteiger partial charge in [0, 0.05) is 36.9 Å². The lowest BCUT2D eigenvalue weighted by atomic mass is 9.96. The van der Waals surface area contributed by atoms with Crippen LogP contribution in [0.25, 0.3) is 5.76 Å². The number of Topliss-reactive ketones (excluding diaryl/α,β-unsaturated/α-hetero) is 1. The molecule has 0 spiro atoms. The number of hydrogen-bond acceptors (Lipinski definition) is 6. The Morgan fingerprint density at radius 3 is 2.16 bits per heavy atom. The van der Waals surface area contributed by atoms with Crippen LogP contribution in [-0.2, 0) is 16.1 Å². The molecule has 7 nitrogen and oxygen atoms in total. The number of ketones is 1. The normalized spacial score (nSPS) is 17.7. The van der Waals surface area contributed by atoms with Crippen molar-refractivity contribution < 1.29 is 19.4 Å². The lowest BCUT2D eigenvalue weighted by molar-refractivity contribution is -0.140. The molecular weight excluding hydrogens is 406 g/mol. The topological polar surface area (TPSA) is 92.6 Å². The van der Waals surface area contributed by atoms with Crippen LogP contribution in [-0.4, -0.2) is 37.8 Å². The number of benzene rings is 1. The summed E-state index contributed by atoms with van der Waals surface area (Å²) in [6.07, 6.45) is 6.47. The number of ether oxygens (including phenoxy) is 1. The molecule has 1 aromatic carbocycles. The van der Waals surface area contributed by atoms with E-state index >= 15 is 0 Å². The van der Waals surface area contributed by atoms with Crippen molar-refractivity contribution >= 4 is 17.4 Å². The maximum Gasteiger partial charge on any atom is 0.295 e. The Hall–Kier alpha value is -4.00. The third kappa shape index (κ3) is 4.23. The minimum absolute atomic E-state index is 0.0136. The van der Waals surface area contributed by atoms with Crippen LogP contribution in [0.3, 0.4) is 0 Å². The van der Waals surface area contributed by atoms with E-state index in [1.807, 2.05) is 13.8 Å². The van der Waals surface area contributed by atoms with Crippen LogP contribution in [0.1, 0.15) is 36.6 Å². The van der Waals surface area contributed by atoms with Gasteiger partial charge in [-0.05, 0) is 73.5 Å². The van der Waals surface area contributed by atoms with Crippen molar-refractivity contribution in [2.75, 3.05) is 0 Å². The molecule has 1 N–H and O–H groups in total. The summed E-state index contributed by atoms with van der Waals surface area (Å²) >= 11 is 0. The van der Waals surface area contributed by atoms with Gasteiger partial charge >= 0.3 is 0 Å². The predicted molar refractivity (Wildman–Crippen MR) is 119 cm³/mol. The molecular formula is C25H23N3O4. The highest BCUT2D eigenvalue weighted by atomic mass is 16.5. The molecule has 3 aromatic rings. The first kappa shape index (κ1) is 21.2. The van der Waals surface area contributed by atoms with Crippen LogP contribution in [0.4, 0.5) is 0 Å². The van der Waals surface area contributed by atoms with Gasteiger partial charge in [0.25, 0.3) is 11.7 Å². The molecule has 3 heterocycles. The van der Waals surface area contributed by atoms with Gasteiger partial charge in [-0.3, -0.25) is 19.6 Å². The van der Waals surface area contributed by atoms with E-state index < -0.39 is 17.7 Å². The fourth-order valence-corrected chi connectivity index (χ4v) is 3.74. The van der Waals surface area contributed by atoms with Gasteiger partial charge in [0.1, 0.15) is 11.5 Å². The number of aromatic nitrogens is 2. The van der Waals surface area contributed by atoms with E-state index in [2.05, 4.69) is 9.97 Å². The zero-order valence-corrected chi connectivity index (χ0v) is 17.8. The van der Waals surface area contributed by atoms with Crippen LogP contribution in [0.15, 0.2) is 78.9 Å². The van der Waals surface area contributed by atoms with Gasteiger partial charge in [-0.2, -0.15) is 0 Å². The summed E-state index contributed by atoms with van der Waals surface area (Å²) in [5.74, 6) is -0.954. The molecule has 162 valence electrons. The second-order valence-electron chi connectivity index (χ2n) is 7.75. The number of carbonyl (C=O) groups is 2. The molecule has 1 aliphatic heterocycles. The van der Waals surface area contributed by atoms with Crippen molar-refractivity contribution in [2.45, 2.75) is 32.5 Å². The number of nitrogens with zero attached hydrogens (tertiary/aromatic N) is 3. The van der Waals surface area contributed by atoms with E-state index in [0.717, 1.165) is 5.56 Å². The zero-order valence-electron chi connectivity index (χ0n) is 17.8. The molecule has 0 radical (unpaired) electrons. The van der Waals surface area contributed by atoms with Gasteiger partial charge in [-0.15, -0.1) is 0 Å². The van der Waals surface area contributed by atoms with Crippen molar-refractivity contribution in [3.05, 3.63) is 95.6 Å². The average Bonchev–Trinajstić information content (AvgIpc) is 3.05. The van der Waals surface area contributed by atoms with E-state index in [1.165, 1.54) is 4.90 Å². The third-order valence-corrected chi connectivity index (χ3v) is 5.16. The van der Waals surface area contributed by atoms with Gasteiger partial charge in [0.05, 0.1) is 17.7 Å². The minimum atomic E-state index is -0.738. The largest absolute Gasteiger partial charge is 0.507 e. The van der Waals surface area contributed by atoms with E-state index in [4.69, 9.17) is 4.74 Å². The molecule has 7 heteroatoms. The Kier molecular flexibility index (Phi) is 5.98. The van der Waals surface area contributed by atoms with Crippen molar-refractivity contribution in [3.8, 4) is 5.75 Å². The fourth-order valence-electron chi connectivity index (χ4n) is 3.74. The molecule has 1 unspecified atom stereocenters. The second-order valence-corrected chi connectivity index (χ2v) is 7.75. The number of aliphatic hydroxyl groups excluding tert-OH is 1. The molecule has 1 atom stereocenters. The van der Waals surface area contributed by atoms with Gasteiger partial charge in [0.15, 0.2) is 0 Å². The SMILES string of the molecule is CC(C)Oc1ccc(/C(O)=C2\C(=O)C(=O)N(Cc3ccncc3)C2c2ccncc2)cc1. The first-order valence-corrected chi connectivity index (χ1v) is 10.3. The smallest absolute Gasteiger partial charge is 0.295 e. The molecule has 0 bridgehead atoms. The van der Waals surface area contributed by atoms with Crippen molar-refractivity contribution in [1.82, 2.24) is 14.9 Å². The molecule has 0 saturated carbocycles. The van der Waals surface area contributed by atoms with E-state index in [0.29, 0.717) is 16.9 Å². The van der Waals surface area contributed by atoms with Crippen molar-refractivity contribution in [2.24, 2.45) is 0 Å². The van der Waals surface area contributed by atoms with Crippen molar-refractivity contribution in [1.29, 1.82) is 0 Å². The Labute approximate surface area is 186 Å². The number of aliphatic hydroxyl groups is 1. The van der Waals surface area contributed by atoms with Gasteiger partial charge in [-0.25, -0.2) is 0 Å². The Morgan fingerprint density at radius 2 is 1.56 bits per heavy atom. The molecule has 1 fully saturated rings. The van der Waals surface area contributed by atoms with Gasteiger partial charge in [0.2, 0.25) is 0 Å². The molecule has 4 rings (SSSR count). The van der Waals surface area contributed by atoms with Gasteiger partial charge < -0.3 is 14.7 Å². The Balaban J connectivity index is 1.78. The lowest BCUT2D eigenvalue weighted by Crippen LogP contribution is -2.29. The molecule has 32 heavy (non-hydrogen) atoms. The zero-order chi connectivity index (χ0) is 22.7. The number of amides is 1. The molecule has 1 aliphatic rings. The number of carbonyl (C=O) groups excluding carboxylic acids is 2. The first-order valence-electron chi connectivity index (χ1n) is 10.3. The predicted octanol–water partition coefficient (Wildman–Crippen LogP) is 3.89. The number of hydrogen-bond donors (Lipinski definition) is 1. The maximum absolute atomic E-state index is 13.1. The monoisotopic (exact) mass is 429 g/mol. The summed E-state index contributed by atoms with van der Waals surface area (Å²) in [6.45, 7) is 4.05. The molecule has 2 aromatic heterocycles. The van der Waals surface area contributed by atoms with Gasteiger partial charge in [-0.1, -0.05) is 0 Å². The van der Waals surface area contributed by atoms with E-state index in [1.54, 1.807) is 73.3 Å². The van der Waals surface area contributed by atoms with Crippen LogP contribution in [0.5, 0.6) is 5.75 Å². The number of rotatable bonds is 6. The minimum Gasteiger partial charge on any atom is -0.507 e. The highest BCUT2D eigenvalue weighted by molar-refractivity contribution is 6.46. The summed E-state index contributed by atoms with van der Waals surface area (Å²) in [4.78, 5) is 35.6. The quantitative estimate of drug-likeness (QED) is 0.363. The fraction of sp³-hybridized carbons (Fsp3) is 0.200. The van der Waals surface area contributed by atoms with E-state index in [-0.39, 0.29) is 24.0 Å². The summed E-state index contributed by atoms with van der Waals surface area (Å²) < 4.78 is 5.65. The second kappa shape index (κ2) is 9.01. The molecule has 0 aliphatic carbocycles. The first-order chi connectivity index (χ1) is 15.5. The van der Waals surface area contributed by atoms with Crippen LogP contribution >= 0.6 is 0 Å². The summed E-state index contributed by atoms with van der Waals surface area (Å²) in [5, 5.41) is 11.1. The van der Waals surface area contributed by atoms with E-state index in [9.17, 15) is 14.7 Å². The van der Waals surface area contributed by atoms with Crippen molar-refractivity contribution in [3.63, 3.8) is 0 Å². The highest BCUT2D eigenvalue weighted by Crippen LogP contribution is 2.40. The number of pyridine rings is 2. The Morgan fingerprint density at radius 1 is 0.969 bits per heavy atom. The summed E-state index contributed by atoms with van der Waals surface area (Å²) in [5.41, 5.74) is 2.00. The molecule has 1 amide bonds. The highest BCUT2D eigenvalue weighted by Gasteiger charge is 2.46. The third-order valence-electron chi connectivity index (χ3n) is 5.16. The number of likely N-dealkylation sites (tertiary alicyclic amines) is 1.